The van der Waals surface area contributed by atoms with Crippen LogP contribution in [0.2, 0.25) is 0 Å². The Hall–Kier alpha value is -3.51. The molecule has 0 radical (unpaired) electrons. The van der Waals surface area contributed by atoms with Crippen molar-refractivity contribution in [1.29, 1.82) is 5.26 Å². The lowest BCUT2D eigenvalue weighted by Gasteiger charge is -2.38. The summed E-state index contributed by atoms with van der Waals surface area (Å²) in [5.74, 6) is 1.08. The fourth-order valence-corrected chi connectivity index (χ4v) is 4.83. The number of hydrogen-bond acceptors (Lipinski definition) is 7. The van der Waals surface area contributed by atoms with E-state index in [2.05, 4.69) is 26.5 Å². The summed E-state index contributed by atoms with van der Waals surface area (Å²) in [7, 11) is 0. The predicted molar refractivity (Wildman–Crippen MR) is 115 cm³/mol. The van der Waals surface area contributed by atoms with E-state index >= 15 is 0 Å². The fourth-order valence-electron chi connectivity index (χ4n) is 4.83. The van der Waals surface area contributed by atoms with Crippen molar-refractivity contribution in [2.24, 2.45) is 0 Å². The van der Waals surface area contributed by atoms with Gasteiger partial charge >= 0.3 is 0 Å². The van der Waals surface area contributed by atoms with Gasteiger partial charge in [0.25, 0.3) is 5.91 Å². The Kier molecular flexibility index (Phi) is 5.69. The van der Waals surface area contributed by atoms with E-state index in [1.54, 1.807) is 18.2 Å². The van der Waals surface area contributed by atoms with E-state index in [-0.39, 0.29) is 11.9 Å². The first-order valence-corrected chi connectivity index (χ1v) is 11.1. The van der Waals surface area contributed by atoms with Gasteiger partial charge in [-0.15, -0.1) is 5.10 Å². The van der Waals surface area contributed by atoms with Crippen molar-refractivity contribution in [2.45, 2.75) is 37.8 Å². The summed E-state index contributed by atoms with van der Waals surface area (Å²) in [6.07, 6.45) is 6.05. The third kappa shape index (κ3) is 3.89. The maximum absolute atomic E-state index is 12.7. The Morgan fingerprint density at radius 1 is 1.12 bits per heavy atom. The second-order valence-electron chi connectivity index (χ2n) is 8.37. The maximum Gasteiger partial charge on any atom is 0.289 e. The van der Waals surface area contributed by atoms with Gasteiger partial charge < -0.3 is 9.32 Å². The van der Waals surface area contributed by atoms with E-state index in [4.69, 9.17) is 4.42 Å². The standard InChI is InChI=1S/C23H25N7O2/c24-16-17-5-3-6-18(15-17)21(22-25-26-27-30(22)19-7-1-2-8-19)28-10-12-29(13-11-28)23(31)20-9-4-14-32-20/h3-6,9,14-15,19,21H,1-2,7-8,10-13H2/t21-/m0/s1. The number of benzene rings is 1. The van der Waals surface area contributed by atoms with Crippen LogP contribution in [0.25, 0.3) is 0 Å². The fraction of sp³-hybridized carbons (Fsp3) is 0.435. The second-order valence-corrected chi connectivity index (χ2v) is 8.37. The molecule has 0 N–H and O–H groups in total. The molecule has 3 heterocycles. The van der Waals surface area contributed by atoms with Crippen LogP contribution in [0.15, 0.2) is 47.1 Å². The molecule has 164 valence electrons. The zero-order valence-electron chi connectivity index (χ0n) is 17.8. The van der Waals surface area contributed by atoms with Gasteiger partial charge in [0.05, 0.1) is 30.0 Å². The van der Waals surface area contributed by atoms with Gasteiger partial charge in [-0.3, -0.25) is 9.69 Å². The lowest BCUT2D eigenvalue weighted by Crippen LogP contribution is -2.50. The number of amides is 1. The number of hydrogen-bond donors (Lipinski definition) is 0. The highest BCUT2D eigenvalue weighted by atomic mass is 16.3. The van der Waals surface area contributed by atoms with E-state index in [0.29, 0.717) is 43.5 Å². The van der Waals surface area contributed by atoms with Gasteiger partial charge in [0.15, 0.2) is 11.6 Å². The van der Waals surface area contributed by atoms with E-state index in [9.17, 15) is 10.1 Å². The maximum atomic E-state index is 12.7. The number of piperazine rings is 1. The number of nitriles is 1. The molecule has 2 fully saturated rings. The molecule has 3 aromatic rings. The predicted octanol–water partition coefficient (Wildman–Crippen LogP) is 2.80. The molecular formula is C23H25N7O2. The molecule has 0 unspecified atom stereocenters. The molecule has 5 rings (SSSR count). The summed E-state index contributed by atoms with van der Waals surface area (Å²) in [5.41, 5.74) is 1.60. The molecule has 1 saturated heterocycles. The van der Waals surface area contributed by atoms with Crippen LogP contribution in [-0.4, -0.2) is 62.1 Å². The molecule has 0 bridgehead atoms. The monoisotopic (exact) mass is 431 g/mol. The molecule has 1 aliphatic heterocycles. The summed E-state index contributed by atoms with van der Waals surface area (Å²) in [6, 6.07) is 13.4. The molecule has 1 aliphatic carbocycles. The van der Waals surface area contributed by atoms with Crippen LogP contribution in [0.1, 0.15) is 65.3 Å². The van der Waals surface area contributed by atoms with E-state index in [1.807, 2.05) is 27.8 Å². The van der Waals surface area contributed by atoms with Gasteiger partial charge in [0.2, 0.25) is 0 Å². The summed E-state index contributed by atoms with van der Waals surface area (Å²) in [4.78, 5) is 16.8. The van der Waals surface area contributed by atoms with Crippen LogP contribution in [0.4, 0.5) is 0 Å². The lowest BCUT2D eigenvalue weighted by molar-refractivity contribution is 0.0558. The number of aromatic nitrogens is 4. The summed E-state index contributed by atoms with van der Waals surface area (Å²) in [5, 5.41) is 22.2. The van der Waals surface area contributed by atoms with Gasteiger partial charge in [0, 0.05) is 26.2 Å². The van der Waals surface area contributed by atoms with Gasteiger partial charge in [-0.25, -0.2) is 4.68 Å². The average Bonchev–Trinajstić information content (AvgIpc) is 3.62. The quantitative estimate of drug-likeness (QED) is 0.612. The van der Waals surface area contributed by atoms with E-state index < -0.39 is 0 Å². The van der Waals surface area contributed by atoms with E-state index in [1.165, 1.54) is 19.1 Å². The molecule has 1 atom stereocenters. The molecule has 0 spiro atoms. The average molecular weight is 432 g/mol. The Morgan fingerprint density at radius 3 is 2.66 bits per heavy atom. The van der Waals surface area contributed by atoms with Crippen molar-refractivity contribution >= 4 is 5.91 Å². The van der Waals surface area contributed by atoms with Crippen LogP contribution >= 0.6 is 0 Å². The minimum atomic E-state index is -0.181. The minimum absolute atomic E-state index is 0.0894. The number of carbonyl (C=O) groups excluding carboxylic acids is 1. The molecular weight excluding hydrogens is 406 g/mol. The molecule has 1 saturated carbocycles. The van der Waals surface area contributed by atoms with Crippen molar-refractivity contribution in [3.63, 3.8) is 0 Å². The molecule has 32 heavy (non-hydrogen) atoms. The highest BCUT2D eigenvalue weighted by molar-refractivity contribution is 5.91. The lowest BCUT2D eigenvalue weighted by atomic mass is 10.0. The first-order chi connectivity index (χ1) is 15.7. The van der Waals surface area contributed by atoms with Crippen LogP contribution in [-0.2, 0) is 0 Å². The zero-order chi connectivity index (χ0) is 21.9. The number of rotatable bonds is 5. The first-order valence-electron chi connectivity index (χ1n) is 11.1. The normalized spacial score (nSPS) is 18.5. The van der Waals surface area contributed by atoms with Crippen molar-refractivity contribution in [3.05, 3.63) is 65.4 Å². The SMILES string of the molecule is N#Cc1cccc([C@@H](c2nnnn2C2CCCC2)N2CCN(C(=O)c3ccco3)CC2)c1. The van der Waals surface area contributed by atoms with Gasteiger partial charge in [-0.1, -0.05) is 25.0 Å². The number of furan rings is 1. The summed E-state index contributed by atoms with van der Waals surface area (Å²) in [6.45, 7) is 2.51. The van der Waals surface area contributed by atoms with Crippen molar-refractivity contribution < 1.29 is 9.21 Å². The highest BCUT2D eigenvalue weighted by Crippen LogP contribution is 2.34. The number of nitrogens with zero attached hydrogens (tertiary/aromatic N) is 7. The molecule has 1 aromatic carbocycles. The summed E-state index contributed by atoms with van der Waals surface area (Å²) >= 11 is 0. The molecule has 9 heteroatoms. The Bertz CT molecular complexity index is 1100. The second kappa shape index (κ2) is 8.93. The van der Waals surface area contributed by atoms with Gasteiger partial charge in [-0.05, 0) is 53.1 Å². The van der Waals surface area contributed by atoms with Crippen LogP contribution < -0.4 is 0 Å². The van der Waals surface area contributed by atoms with Crippen molar-refractivity contribution in [2.75, 3.05) is 26.2 Å². The minimum Gasteiger partial charge on any atom is -0.459 e. The largest absolute Gasteiger partial charge is 0.459 e. The van der Waals surface area contributed by atoms with Crippen molar-refractivity contribution in [3.8, 4) is 6.07 Å². The Balaban J connectivity index is 1.43. The number of carbonyl (C=O) groups is 1. The van der Waals surface area contributed by atoms with Crippen LogP contribution in [0.5, 0.6) is 0 Å². The van der Waals surface area contributed by atoms with Gasteiger partial charge in [0.1, 0.15) is 0 Å². The Labute approximate surface area is 186 Å². The highest BCUT2D eigenvalue weighted by Gasteiger charge is 2.34. The molecule has 2 aromatic heterocycles. The number of tetrazole rings is 1. The molecule has 2 aliphatic rings. The molecule has 9 nitrogen and oxygen atoms in total. The van der Waals surface area contributed by atoms with Gasteiger partial charge in [-0.2, -0.15) is 5.26 Å². The third-order valence-corrected chi connectivity index (χ3v) is 6.46. The molecule has 1 amide bonds. The topological polar surface area (TPSA) is 104 Å². The third-order valence-electron chi connectivity index (χ3n) is 6.46. The Morgan fingerprint density at radius 2 is 1.94 bits per heavy atom. The van der Waals surface area contributed by atoms with Crippen molar-refractivity contribution in [1.82, 2.24) is 30.0 Å². The zero-order valence-corrected chi connectivity index (χ0v) is 17.8. The van der Waals surface area contributed by atoms with E-state index in [0.717, 1.165) is 24.2 Å². The van der Waals surface area contributed by atoms with Crippen LogP contribution in [0.3, 0.4) is 0 Å². The van der Waals surface area contributed by atoms with Crippen LogP contribution in [0, 0.1) is 11.3 Å². The first kappa shape index (κ1) is 20.4. The smallest absolute Gasteiger partial charge is 0.289 e. The summed E-state index contributed by atoms with van der Waals surface area (Å²) < 4.78 is 7.27.